The number of hydrogen-bond donors (Lipinski definition) is 0. The molecule has 11 heterocycles. The second kappa shape index (κ2) is 28.9. The van der Waals surface area contributed by atoms with Crippen molar-refractivity contribution < 1.29 is 0 Å². The minimum atomic E-state index is 1.21. The molecule has 13 aliphatic carbocycles. The lowest BCUT2D eigenvalue weighted by Crippen LogP contribution is -2.06. The largest absolute Gasteiger partial charge is 0.148 e. The molecule has 0 aromatic carbocycles. The molecule has 0 spiro atoms. The number of fused-ring (bicyclic) bond motifs is 11. The summed E-state index contributed by atoms with van der Waals surface area (Å²) in [5.74, 6) is 0. The van der Waals surface area contributed by atoms with Gasteiger partial charge in [0.2, 0.25) is 0 Å². The lowest BCUT2D eigenvalue weighted by molar-refractivity contribution is 0.754. The molecule has 0 radical (unpaired) electrons. The Morgan fingerprint density at radius 3 is 0.790 bits per heavy atom. The van der Waals surface area contributed by atoms with E-state index in [2.05, 4.69) is 138 Å². The van der Waals surface area contributed by atoms with E-state index in [4.69, 9.17) is 0 Å². The molecule has 0 bridgehead atoms. The maximum Gasteiger partial charge on any atom is 0.0337 e. The van der Waals surface area contributed by atoms with E-state index < -0.39 is 0 Å². The van der Waals surface area contributed by atoms with Crippen molar-refractivity contribution in [1.29, 1.82) is 0 Å². The fraction of sp³-hybridized carbons (Fsp3) is 0.326. The Morgan fingerprint density at radius 1 is 0.190 bits per heavy atom. The molecule has 11 aromatic heterocycles. The van der Waals surface area contributed by atoms with Crippen LogP contribution in [0, 0.1) is 0 Å². The average Bonchev–Trinajstić information content (AvgIpc) is 1.69. The van der Waals surface area contributed by atoms with Crippen molar-refractivity contribution in [3.05, 3.63) is 270 Å². The molecule has 0 nitrogen and oxygen atoms in total. The van der Waals surface area contributed by atoms with Crippen LogP contribution in [0.25, 0.3) is 61.3 Å². The first kappa shape index (κ1) is 65.4. The zero-order valence-corrected chi connectivity index (χ0v) is 65.8. The monoisotopic (exact) mass is 1500 g/mol. The van der Waals surface area contributed by atoms with Crippen molar-refractivity contribution in [2.75, 3.05) is 0 Å². The fourth-order valence-electron chi connectivity index (χ4n) is 18.8. The van der Waals surface area contributed by atoms with Crippen LogP contribution in [-0.2, 0) is 70.6 Å². The van der Waals surface area contributed by atoms with Crippen molar-refractivity contribution in [3.63, 3.8) is 0 Å². The Kier molecular flexibility index (Phi) is 18.9. The molecular weight excluding hydrogens is 1420 g/mol. The molecule has 100 heavy (non-hydrogen) atoms. The number of allylic oxidation sites excluding steroid dienone is 16. The van der Waals surface area contributed by atoms with Gasteiger partial charge in [0.15, 0.2) is 0 Å². The Bertz CT molecular complexity index is 4500. The Morgan fingerprint density at radius 2 is 0.440 bits per heavy atom. The second-order valence-corrected chi connectivity index (χ2v) is 39.2. The summed E-state index contributed by atoms with van der Waals surface area (Å²) < 4.78 is 0. The molecule has 11 aromatic rings. The molecular formula is C89H82S11. The van der Waals surface area contributed by atoms with Crippen LogP contribution in [0.15, 0.2) is 155 Å². The highest BCUT2D eigenvalue weighted by atomic mass is 32.1. The van der Waals surface area contributed by atoms with Crippen molar-refractivity contribution in [2.24, 2.45) is 0 Å². The van der Waals surface area contributed by atoms with Crippen LogP contribution in [0.5, 0.6) is 0 Å². The molecule has 0 aliphatic heterocycles. The summed E-state index contributed by atoms with van der Waals surface area (Å²) in [4.78, 5) is 17.5. The zero-order valence-electron chi connectivity index (χ0n) is 56.9. The number of thiophene rings is 11. The molecule has 13 aliphatic rings. The number of aryl methyl sites for hydroxylation is 11. The summed E-state index contributed by atoms with van der Waals surface area (Å²) in [7, 11) is 0. The Labute approximate surface area is 635 Å². The molecule has 0 saturated heterocycles. The van der Waals surface area contributed by atoms with Crippen LogP contribution in [0.2, 0.25) is 0 Å². The van der Waals surface area contributed by atoms with Gasteiger partial charge in [-0.2, -0.15) is 0 Å². The van der Waals surface area contributed by atoms with E-state index in [0.29, 0.717) is 0 Å². The highest BCUT2D eigenvalue weighted by Gasteiger charge is 2.32. The molecule has 0 saturated carbocycles. The second-order valence-electron chi connectivity index (χ2n) is 28.7. The van der Waals surface area contributed by atoms with Gasteiger partial charge in [0, 0.05) is 53.6 Å². The SMILES string of the molecule is C1=CC2=C(C1)CCC/C2=C1/CCCc2sccc21.c1cc2c(s1)/C(=C1\CCCc3ccsc31)CCC2.c1cc2c(s1)/C(=C1\CCc3ccsc31)CC2.c1cc2c(s1)/C(=C1\CCc3ccsc31)CC2.c1cc2c(s1)CC/C2=C1/CCc2sccc21.c1cc2c(s1)CC/C2=C1/CCc2sccc21. The van der Waals surface area contributed by atoms with Gasteiger partial charge in [0.25, 0.3) is 0 Å². The smallest absolute Gasteiger partial charge is 0.0337 e. The quantitative estimate of drug-likeness (QED) is 0.142. The zero-order chi connectivity index (χ0) is 66.0. The predicted octanol–water partition coefficient (Wildman–Crippen LogP) is 29.1. The Hall–Kier alpha value is -5.38. The van der Waals surface area contributed by atoms with Crippen molar-refractivity contribution >= 4 is 186 Å². The summed E-state index contributed by atoms with van der Waals surface area (Å²) in [6.07, 6.45) is 42.0. The van der Waals surface area contributed by atoms with Crippen LogP contribution in [0.3, 0.4) is 0 Å². The summed E-state index contributed by atoms with van der Waals surface area (Å²) in [6, 6.07) is 25.5. The van der Waals surface area contributed by atoms with Gasteiger partial charge in [-0.15, -0.1) is 125 Å². The van der Waals surface area contributed by atoms with Gasteiger partial charge >= 0.3 is 0 Å². The highest BCUT2D eigenvalue weighted by molar-refractivity contribution is 7.14. The Balaban J connectivity index is 0.0000000836. The van der Waals surface area contributed by atoms with E-state index in [1.165, 1.54) is 186 Å². The van der Waals surface area contributed by atoms with E-state index in [-0.39, 0.29) is 0 Å². The first-order chi connectivity index (χ1) is 49.6. The average molecular weight is 1500 g/mol. The molecule has 504 valence electrons. The topological polar surface area (TPSA) is 0 Å². The summed E-state index contributed by atoms with van der Waals surface area (Å²) in [5.41, 5.74) is 40.6. The highest BCUT2D eigenvalue weighted by Crippen LogP contribution is 2.53. The molecule has 0 amide bonds. The predicted molar refractivity (Wildman–Crippen MR) is 449 cm³/mol. The van der Waals surface area contributed by atoms with Crippen molar-refractivity contribution in [3.8, 4) is 0 Å². The van der Waals surface area contributed by atoms with Gasteiger partial charge in [0.1, 0.15) is 0 Å². The maximum atomic E-state index is 2.39. The summed E-state index contributed by atoms with van der Waals surface area (Å²) in [6.45, 7) is 0. The van der Waals surface area contributed by atoms with Gasteiger partial charge in [-0.25, -0.2) is 0 Å². The van der Waals surface area contributed by atoms with E-state index in [1.807, 2.05) is 125 Å². The third kappa shape index (κ3) is 12.4. The van der Waals surface area contributed by atoms with Crippen LogP contribution in [0.1, 0.15) is 230 Å². The first-order valence-electron chi connectivity index (χ1n) is 37.0. The van der Waals surface area contributed by atoms with Gasteiger partial charge in [-0.3, -0.25) is 0 Å². The van der Waals surface area contributed by atoms with Gasteiger partial charge in [0.05, 0.1) is 0 Å². The summed E-state index contributed by atoms with van der Waals surface area (Å²) in [5, 5.41) is 24.8. The molecule has 24 rings (SSSR count). The van der Waals surface area contributed by atoms with Gasteiger partial charge in [-0.1, -0.05) is 17.7 Å². The minimum Gasteiger partial charge on any atom is -0.148 e. The van der Waals surface area contributed by atoms with Gasteiger partial charge in [-0.05, 0) is 446 Å². The van der Waals surface area contributed by atoms with Crippen LogP contribution < -0.4 is 0 Å². The normalized spacial score (nSPS) is 23.2. The van der Waals surface area contributed by atoms with E-state index in [1.54, 1.807) is 193 Å². The first-order valence-corrected chi connectivity index (χ1v) is 46.7. The molecule has 11 heteroatoms. The van der Waals surface area contributed by atoms with Crippen LogP contribution in [0.4, 0.5) is 0 Å². The lowest BCUT2D eigenvalue weighted by atomic mass is 9.81. The summed E-state index contributed by atoms with van der Waals surface area (Å²) >= 11 is 21.3. The van der Waals surface area contributed by atoms with Crippen molar-refractivity contribution in [1.82, 2.24) is 0 Å². The molecule has 0 unspecified atom stereocenters. The van der Waals surface area contributed by atoms with Gasteiger partial charge < -0.3 is 0 Å². The van der Waals surface area contributed by atoms with E-state index >= 15 is 0 Å². The molecule has 0 fully saturated rings. The van der Waals surface area contributed by atoms with Crippen molar-refractivity contribution in [2.45, 2.75) is 186 Å². The lowest BCUT2D eigenvalue weighted by Gasteiger charge is -2.24. The number of hydrogen-bond acceptors (Lipinski definition) is 11. The minimum absolute atomic E-state index is 1.21. The van der Waals surface area contributed by atoms with Crippen LogP contribution >= 0.6 is 125 Å². The maximum absolute atomic E-state index is 2.39. The third-order valence-corrected chi connectivity index (χ3v) is 34.5. The van der Waals surface area contributed by atoms with E-state index in [0.717, 1.165) is 0 Å². The van der Waals surface area contributed by atoms with Crippen LogP contribution in [-0.4, -0.2) is 0 Å². The van der Waals surface area contributed by atoms with E-state index in [9.17, 15) is 0 Å². The standard InChI is InChI=1S/C17H18S.C16H16S2.4C14H12S2/c1-4-12-5-2-7-14(13(12)6-1)15-8-3-9-17-16(15)10-11-18-17;1-3-11-7-9-17-15(11)13(5-1)14-6-2-4-12-8-10-18-16(12)14;2*1-3-13-11(5-7-15-13)9(1)10-2-4-14-12(10)6-8-16-14;2*1-3-11(13-9(1)5-7-15-13)12-4-2-10-6-8-16-14(10)12/h1,6,10-11H,2-5,7-9H2;7-10H,1-6H2;4*5-8H,1-4H2/b15-14+;14-13+;2*10-9+;2*12-11+. The number of rotatable bonds is 0. The molecule has 0 N–H and O–H groups in total. The molecule has 0 atom stereocenters. The third-order valence-electron chi connectivity index (χ3n) is 23.5. The fourth-order valence-corrected chi connectivity index (χ4v) is 29.7.